The molecule has 7 heteroatoms. The highest BCUT2D eigenvalue weighted by molar-refractivity contribution is 7.99. The topological polar surface area (TPSA) is 86.8 Å². The van der Waals surface area contributed by atoms with Gasteiger partial charge in [-0.1, -0.05) is 18.2 Å². The Morgan fingerprint density at radius 2 is 2.33 bits per heavy atom. The van der Waals surface area contributed by atoms with Gasteiger partial charge in [-0.3, -0.25) is 4.98 Å². The van der Waals surface area contributed by atoms with E-state index in [0.717, 1.165) is 16.2 Å². The zero-order valence-electron chi connectivity index (χ0n) is 11.5. The summed E-state index contributed by atoms with van der Waals surface area (Å²) < 4.78 is 1.13. The van der Waals surface area contributed by atoms with Crippen molar-refractivity contribution in [2.45, 2.75) is 37.3 Å². The summed E-state index contributed by atoms with van der Waals surface area (Å²) in [6, 6.07) is 2.01. The molecular weight excluding hydrogens is 286 g/mol. The summed E-state index contributed by atoms with van der Waals surface area (Å²) in [4.78, 5) is 19.0. The summed E-state index contributed by atoms with van der Waals surface area (Å²) in [7, 11) is 0. The van der Waals surface area contributed by atoms with Gasteiger partial charge in [-0.2, -0.15) is 14.9 Å². The van der Waals surface area contributed by atoms with Crippen molar-refractivity contribution in [1.82, 2.24) is 19.6 Å². The molecule has 2 aliphatic rings. The predicted molar refractivity (Wildman–Crippen MR) is 78.1 cm³/mol. The van der Waals surface area contributed by atoms with Crippen molar-refractivity contribution in [2.75, 3.05) is 5.75 Å². The lowest BCUT2D eigenvalue weighted by atomic mass is 9.52. The van der Waals surface area contributed by atoms with Crippen molar-refractivity contribution < 1.29 is 0 Å². The monoisotopic (exact) mass is 301 g/mol. The fourth-order valence-corrected chi connectivity index (χ4v) is 4.52. The van der Waals surface area contributed by atoms with Gasteiger partial charge in [0.25, 0.3) is 0 Å². The Kier molecular flexibility index (Phi) is 2.82. The average Bonchev–Trinajstić information content (AvgIpc) is 2.78. The minimum Gasteiger partial charge on any atom is -0.285 e. The van der Waals surface area contributed by atoms with Crippen LogP contribution in [0.15, 0.2) is 16.1 Å². The van der Waals surface area contributed by atoms with E-state index in [1.165, 1.54) is 38.3 Å². The summed E-state index contributed by atoms with van der Waals surface area (Å²) in [5, 5.41) is 13.5. The molecule has 1 N–H and O–H groups in total. The Bertz CT molecular complexity index is 790. The molecule has 2 aromatic rings. The zero-order valence-corrected chi connectivity index (χ0v) is 12.3. The molecule has 4 rings (SSSR count). The predicted octanol–water partition coefficient (Wildman–Crippen LogP) is 1.96. The fourth-order valence-electron chi connectivity index (χ4n) is 3.58. The Morgan fingerprint density at radius 1 is 1.52 bits per heavy atom. The van der Waals surface area contributed by atoms with E-state index in [1.807, 2.05) is 6.07 Å². The molecule has 0 aromatic carbocycles. The molecular formula is C14H15N5OS. The molecule has 0 atom stereocenters. The summed E-state index contributed by atoms with van der Waals surface area (Å²) in [5.74, 6) is 1.72. The number of hydrogen-bond donors (Lipinski definition) is 1. The first kappa shape index (κ1) is 12.9. The third-order valence-electron chi connectivity index (χ3n) is 4.79. The molecule has 0 bridgehead atoms. The van der Waals surface area contributed by atoms with Crippen LogP contribution in [0.25, 0.3) is 5.65 Å². The van der Waals surface area contributed by atoms with Crippen LogP contribution in [0.2, 0.25) is 0 Å². The van der Waals surface area contributed by atoms with Gasteiger partial charge in [0.2, 0.25) is 0 Å². The lowest BCUT2D eigenvalue weighted by Gasteiger charge is -2.54. The molecule has 1 spiro atoms. The molecule has 2 heterocycles. The van der Waals surface area contributed by atoms with Crippen molar-refractivity contribution in [3.8, 4) is 6.07 Å². The smallest absolute Gasteiger partial charge is 0.285 e. The number of thioether (sulfide) groups is 1. The number of nitrogens with zero attached hydrogens (tertiary/aromatic N) is 4. The lowest BCUT2D eigenvalue weighted by Crippen LogP contribution is -2.43. The summed E-state index contributed by atoms with van der Waals surface area (Å²) in [6.07, 6.45) is 8.21. The zero-order chi connectivity index (χ0) is 14.4. The Labute approximate surface area is 125 Å². The minimum atomic E-state index is -0.340. The third-order valence-corrected chi connectivity index (χ3v) is 5.90. The van der Waals surface area contributed by atoms with Gasteiger partial charge in [-0.05, 0) is 37.0 Å². The number of H-pyrrole nitrogens is 1. The van der Waals surface area contributed by atoms with Crippen LogP contribution in [0.5, 0.6) is 0 Å². The number of nitrogens with one attached hydrogen (secondary N) is 1. The maximum atomic E-state index is 11.9. The van der Waals surface area contributed by atoms with Gasteiger partial charge in [0.1, 0.15) is 11.6 Å². The van der Waals surface area contributed by atoms with Crippen molar-refractivity contribution in [3.63, 3.8) is 0 Å². The van der Waals surface area contributed by atoms with E-state index in [9.17, 15) is 4.79 Å². The maximum Gasteiger partial charge on any atom is 0.350 e. The van der Waals surface area contributed by atoms with Crippen LogP contribution in [0.3, 0.4) is 0 Å². The first-order chi connectivity index (χ1) is 10.2. The minimum absolute atomic E-state index is 0.333. The lowest BCUT2D eigenvalue weighted by molar-refractivity contribution is -0.0141. The molecule has 0 unspecified atom stereocenters. The Hall–Kier alpha value is -1.81. The van der Waals surface area contributed by atoms with Crippen LogP contribution in [0, 0.1) is 22.7 Å². The van der Waals surface area contributed by atoms with E-state index in [2.05, 4.69) is 15.1 Å². The van der Waals surface area contributed by atoms with E-state index in [0.29, 0.717) is 21.8 Å². The van der Waals surface area contributed by atoms with E-state index in [4.69, 9.17) is 5.26 Å². The standard InChI is InChI=1S/C14H15N5OS/c15-6-10-7-16-19-11(10)17-12(18-13(19)20)21-8-9-4-14(5-9)2-1-3-14/h7,9H,1-5,8H2,(H,17,18,20). The Balaban J connectivity index is 1.49. The van der Waals surface area contributed by atoms with Crippen LogP contribution in [0.1, 0.15) is 37.7 Å². The van der Waals surface area contributed by atoms with Gasteiger partial charge in [0, 0.05) is 5.75 Å². The highest BCUT2D eigenvalue weighted by atomic mass is 32.2. The fraction of sp³-hybridized carbons (Fsp3) is 0.571. The summed E-state index contributed by atoms with van der Waals surface area (Å²) in [6.45, 7) is 0. The van der Waals surface area contributed by atoms with Gasteiger partial charge >= 0.3 is 5.69 Å². The summed E-state index contributed by atoms with van der Waals surface area (Å²) >= 11 is 1.57. The van der Waals surface area contributed by atoms with Gasteiger partial charge in [-0.15, -0.1) is 0 Å². The van der Waals surface area contributed by atoms with Crippen molar-refractivity contribution in [3.05, 3.63) is 22.2 Å². The number of hydrogen-bond acceptors (Lipinski definition) is 5. The summed E-state index contributed by atoms with van der Waals surface area (Å²) in [5.41, 5.74) is 1.01. The molecule has 2 aromatic heterocycles. The molecule has 6 nitrogen and oxygen atoms in total. The molecule has 0 saturated heterocycles. The highest BCUT2D eigenvalue weighted by Crippen LogP contribution is 2.59. The second kappa shape index (κ2) is 4.60. The quantitative estimate of drug-likeness (QED) is 0.876. The van der Waals surface area contributed by atoms with Crippen LogP contribution in [-0.2, 0) is 0 Å². The number of nitriles is 1. The molecule has 0 amide bonds. The second-order valence-corrected chi connectivity index (χ2v) is 7.20. The number of aromatic amines is 1. The van der Waals surface area contributed by atoms with Gasteiger partial charge < -0.3 is 0 Å². The first-order valence-corrected chi connectivity index (χ1v) is 8.19. The maximum absolute atomic E-state index is 11.9. The van der Waals surface area contributed by atoms with Gasteiger partial charge in [0.05, 0.1) is 6.20 Å². The average molecular weight is 301 g/mol. The molecule has 2 fully saturated rings. The van der Waals surface area contributed by atoms with Crippen molar-refractivity contribution in [2.24, 2.45) is 11.3 Å². The number of aromatic nitrogens is 4. The van der Waals surface area contributed by atoms with E-state index in [-0.39, 0.29) is 5.69 Å². The van der Waals surface area contributed by atoms with Gasteiger partial charge in [0.15, 0.2) is 10.8 Å². The molecule has 108 valence electrons. The Morgan fingerprint density at radius 3 is 3.00 bits per heavy atom. The van der Waals surface area contributed by atoms with E-state index in [1.54, 1.807) is 11.8 Å². The molecule has 2 aliphatic carbocycles. The highest BCUT2D eigenvalue weighted by Gasteiger charge is 2.47. The largest absolute Gasteiger partial charge is 0.350 e. The van der Waals surface area contributed by atoms with Crippen molar-refractivity contribution in [1.29, 1.82) is 5.26 Å². The number of rotatable bonds is 3. The van der Waals surface area contributed by atoms with E-state index < -0.39 is 0 Å². The molecule has 2 saturated carbocycles. The molecule has 0 aliphatic heterocycles. The normalized spacial score (nSPS) is 20.1. The van der Waals surface area contributed by atoms with Gasteiger partial charge in [-0.25, -0.2) is 9.78 Å². The third kappa shape index (κ3) is 2.05. The van der Waals surface area contributed by atoms with Crippen LogP contribution in [0.4, 0.5) is 0 Å². The second-order valence-electron chi connectivity index (χ2n) is 6.19. The molecule has 21 heavy (non-hydrogen) atoms. The first-order valence-electron chi connectivity index (χ1n) is 7.20. The van der Waals surface area contributed by atoms with E-state index >= 15 is 0 Å². The SMILES string of the molecule is N#Cc1cnn2c(=O)[nH]c(SCC3CC4(CCC4)C3)nc12. The van der Waals surface area contributed by atoms with Crippen LogP contribution < -0.4 is 5.69 Å². The molecule has 0 radical (unpaired) electrons. The number of fused-ring (bicyclic) bond motifs is 1. The van der Waals surface area contributed by atoms with Crippen LogP contribution in [-0.4, -0.2) is 25.3 Å². The van der Waals surface area contributed by atoms with Crippen molar-refractivity contribution >= 4 is 17.4 Å². The van der Waals surface area contributed by atoms with Crippen LogP contribution >= 0.6 is 11.8 Å².